The molecule has 1 saturated carbocycles. The summed E-state index contributed by atoms with van der Waals surface area (Å²) in [4.78, 5) is 23.3. The number of rotatable bonds is 3. The van der Waals surface area contributed by atoms with Crippen molar-refractivity contribution < 1.29 is 19.1 Å². The number of nitriles is 1. The van der Waals surface area contributed by atoms with Gasteiger partial charge in [0.1, 0.15) is 5.82 Å². The molecule has 6 heteroatoms. The molecule has 0 bridgehead atoms. The normalized spacial score (nSPS) is 22.2. The summed E-state index contributed by atoms with van der Waals surface area (Å²) in [6, 6.07) is 4.28. The largest absolute Gasteiger partial charge is 0.481 e. The molecule has 2 rings (SSSR count). The number of carboxylic acid groups (broad SMARTS) is 1. The van der Waals surface area contributed by atoms with Crippen LogP contribution >= 0.6 is 0 Å². The minimum absolute atomic E-state index is 0.0956. The Morgan fingerprint density at radius 1 is 1.38 bits per heavy atom. The van der Waals surface area contributed by atoms with Crippen molar-refractivity contribution in [2.24, 2.45) is 17.3 Å². The van der Waals surface area contributed by atoms with Crippen LogP contribution in [0.15, 0.2) is 12.1 Å². The quantitative estimate of drug-likeness (QED) is 0.893. The number of carbonyl (C=O) groups is 2. The number of carboxylic acids is 1. The van der Waals surface area contributed by atoms with E-state index in [-0.39, 0.29) is 16.8 Å². The SMILES string of the molecule is Cc1c(F)cc(C#N)cc1NC(=O)C1C(C(=O)O)C1(C)C. The van der Waals surface area contributed by atoms with Crippen molar-refractivity contribution in [3.63, 3.8) is 0 Å². The lowest BCUT2D eigenvalue weighted by Crippen LogP contribution is -2.18. The molecular formula is C15H15FN2O3. The van der Waals surface area contributed by atoms with Gasteiger partial charge in [0.2, 0.25) is 5.91 Å². The number of amides is 1. The highest BCUT2D eigenvalue weighted by atomic mass is 19.1. The maximum Gasteiger partial charge on any atom is 0.307 e. The van der Waals surface area contributed by atoms with Crippen molar-refractivity contribution in [3.05, 3.63) is 29.1 Å². The van der Waals surface area contributed by atoms with Crippen molar-refractivity contribution in [3.8, 4) is 6.07 Å². The van der Waals surface area contributed by atoms with Crippen molar-refractivity contribution in [2.75, 3.05) is 5.32 Å². The van der Waals surface area contributed by atoms with Gasteiger partial charge in [-0.1, -0.05) is 13.8 Å². The molecule has 110 valence electrons. The van der Waals surface area contributed by atoms with Crippen LogP contribution in [0, 0.1) is 41.3 Å². The molecule has 2 atom stereocenters. The first-order valence-electron chi connectivity index (χ1n) is 6.44. The van der Waals surface area contributed by atoms with Gasteiger partial charge < -0.3 is 10.4 Å². The van der Waals surface area contributed by atoms with E-state index in [4.69, 9.17) is 10.4 Å². The first-order valence-corrected chi connectivity index (χ1v) is 6.44. The van der Waals surface area contributed by atoms with Crippen LogP contribution in [0.2, 0.25) is 0 Å². The molecule has 1 fully saturated rings. The summed E-state index contributed by atoms with van der Waals surface area (Å²) in [5, 5.41) is 20.4. The van der Waals surface area contributed by atoms with E-state index < -0.39 is 34.9 Å². The maximum absolute atomic E-state index is 13.7. The lowest BCUT2D eigenvalue weighted by atomic mass is 10.1. The Hall–Kier alpha value is -2.42. The summed E-state index contributed by atoms with van der Waals surface area (Å²) in [7, 11) is 0. The van der Waals surface area contributed by atoms with Crippen molar-refractivity contribution in [2.45, 2.75) is 20.8 Å². The third kappa shape index (κ3) is 2.47. The number of hydrogen-bond donors (Lipinski definition) is 2. The van der Waals surface area contributed by atoms with E-state index in [9.17, 15) is 14.0 Å². The third-order valence-electron chi connectivity index (χ3n) is 4.11. The van der Waals surface area contributed by atoms with Crippen molar-refractivity contribution >= 4 is 17.6 Å². The fourth-order valence-electron chi connectivity index (χ4n) is 2.67. The molecule has 0 saturated heterocycles. The average molecular weight is 290 g/mol. The first-order chi connectivity index (χ1) is 9.70. The average Bonchev–Trinajstić information content (AvgIpc) is 2.98. The van der Waals surface area contributed by atoms with Crippen LogP contribution in [0.25, 0.3) is 0 Å². The number of anilines is 1. The second-order valence-corrected chi connectivity index (χ2v) is 5.85. The number of halogens is 1. The number of aliphatic carboxylic acids is 1. The first kappa shape index (κ1) is 15.0. The Kier molecular flexibility index (Phi) is 3.46. The lowest BCUT2D eigenvalue weighted by molar-refractivity contribution is -0.140. The number of carbonyl (C=O) groups excluding carboxylic acids is 1. The van der Waals surface area contributed by atoms with Gasteiger partial charge in [-0.3, -0.25) is 9.59 Å². The molecule has 1 aromatic carbocycles. The molecular weight excluding hydrogens is 275 g/mol. The van der Waals surface area contributed by atoms with Gasteiger partial charge in [0.15, 0.2) is 0 Å². The van der Waals surface area contributed by atoms with Gasteiger partial charge in [0.05, 0.1) is 23.5 Å². The van der Waals surface area contributed by atoms with Crippen LogP contribution in [-0.4, -0.2) is 17.0 Å². The van der Waals surface area contributed by atoms with Gasteiger partial charge in [0, 0.05) is 11.3 Å². The van der Waals surface area contributed by atoms with Crippen LogP contribution in [0.5, 0.6) is 0 Å². The molecule has 0 aromatic heterocycles. The number of hydrogen-bond acceptors (Lipinski definition) is 3. The zero-order valence-electron chi connectivity index (χ0n) is 11.9. The Balaban J connectivity index is 2.24. The lowest BCUT2D eigenvalue weighted by Gasteiger charge is -2.10. The Bertz CT molecular complexity index is 676. The van der Waals surface area contributed by atoms with Crippen molar-refractivity contribution in [1.29, 1.82) is 5.26 Å². The number of nitrogens with zero attached hydrogens (tertiary/aromatic N) is 1. The molecule has 21 heavy (non-hydrogen) atoms. The van der Waals surface area contributed by atoms with E-state index in [1.165, 1.54) is 13.0 Å². The van der Waals surface area contributed by atoms with Gasteiger partial charge in [-0.15, -0.1) is 0 Å². The number of benzene rings is 1. The van der Waals surface area contributed by atoms with Crippen LogP contribution < -0.4 is 5.32 Å². The molecule has 1 aromatic rings. The Labute approximate surface area is 121 Å². The van der Waals surface area contributed by atoms with Gasteiger partial charge in [0.25, 0.3) is 0 Å². The summed E-state index contributed by atoms with van der Waals surface area (Å²) in [6.07, 6.45) is 0. The van der Waals surface area contributed by atoms with E-state index in [0.29, 0.717) is 0 Å². The van der Waals surface area contributed by atoms with E-state index in [0.717, 1.165) is 6.07 Å². The van der Waals surface area contributed by atoms with Gasteiger partial charge >= 0.3 is 5.97 Å². The van der Waals surface area contributed by atoms with E-state index in [2.05, 4.69) is 5.32 Å². The third-order valence-corrected chi connectivity index (χ3v) is 4.11. The molecule has 0 heterocycles. The van der Waals surface area contributed by atoms with Gasteiger partial charge in [-0.25, -0.2) is 4.39 Å². The topological polar surface area (TPSA) is 90.2 Å². The van der Waals surface area contributed by atoms with E-state index in [1.807, 2.05) is 6.07 Å². The van der Waals surface area contributed by atoms with Crippen LogP contribution in [-0.2, 0) is 9.59 Å². The molecule has 0 aliphatic heterocycles. The second-order valence-electron chi connectivity index (χ2n) is 5.85. The Morgan fingerprint density at radius 2 is 2.00 bits per heavy atom. The van der Waals surface area contributed by atoms with E-state index >= 15 is 0 Å². The van der Waals surface area contributed by atoms with Crippen LogP contribution in [0.1, 0.15) is 25.0 Å². The standard InChI is InChI=1S/C15H15FN2O3/c1-7-9(16)4-8(6-17)5-10(7)18-13(19)11-12(14(20)21)15(11,2)3/h4-5,11-12H,1-3H3,(H,18,19)(H,20,21). The summed E-state index contributed by atoms with van der Waals surface area (Å²) < 4.78 is 13.7. The maximum atomic E-state index is 13.7. The summed E-state index contributed by atoms with van der Waals surface area (Å²) >= 11 is 0. The van der Waals surface area contributed by atoms with Crippen LogP contribution in [0.3, 0.4) is 0 Å². The summed E-state index contributed by atoms with van der Waals surface area (Å²) in [5.41, 5.74) is -0.121. The highest BCUT2D eigenvalue weighted by Gasteiger charge is 2.65. The smallest absolute Gasteiger partial charge is 0.307 e. The Morgan fingerprint density at radius 3 is 2.48 bits per heavy atom. The zero-order valence-corrected chi connectivity index (χ0v) is 11.9. The minimum Gasteiger partial charge on any atom is -0.481 e. The van der Waals surface area contributed by atoms with Gasteiger partial charge in [-0.2, -0.15) is 5.26 Å². The fourth-order valence-corrected chi connectivity index (χ4v) is 2.67. The molecule has 2 N–H and O–H groups in total. The molecule has 1 aliphatic carbocycles. The zero-order chi connectivity index (χ0) is 15.9. The minimum atomic E-state index is -1.02. The molecule has 5 nitrogen and oxygen atoms in total. The second kappa shape index (κ2) is 4.85. The fraction of sp³-hybridized carbons (Fsp3) is 0.400. The summed E-state index contributed by atoms with van der Waals surface area (Å²) in [5.74, 6) is -3.49. The molecule has 2 unspecified atom stereocenters. The molecule has 1 aliphatic rings. The highest BCUT2D eigenvalue weighted by Crippen LogP contribution is 2.58. The van der Waals surface area contributed by atoms with Crippen molar-refractivity contribution in [1.82, 2.24) is 0 Å². The van der Waals surface area contributed by atoms with Gasteiger partial charge in [-0.05, 0) is 24.5 Å². The van der Waals surface area contributed by atoms with E-state index in [1.54, 1.807) is 13.8 Å². The molecule has 0 radical (unpaired) electrons. The van der Waals surface area contributed by atoms with Crippen LogP contribution in [0.4, 0.5) is 10.1 Å². The molecule has 1 amide bonds. The predicted molar refractivity (Wildman–Crippen MR) is 72.9 cm³/mol. The highest BCUT2D eigenvalue weighted by molar-refractivity contribution is 6.00. The molecule has 0 spiro atoms. The summed E-state index contributed by atoms with van der Waals surface area (Å²) in [6.45, 7) is 4.89. The monoisotopic (exact) mass is 290 g/mol. The number of nitrogens with one attached hydrogen (secondary N) is 1. The predicted octanol–water partition coefficient (Wildman–Crippen LogP) is 2.30.